The molecule has 5 heterocycles. The van der Waals surface area contributed by atoms with Crippen molar-refractivity contribution < 1.29 is 0 Å². The third kappa shape index (κ3) is 3.10. The molecule has 1 aliphatic heterocycles. The van der Waals surface area contributed by atoms with Crippen LogP contribution in [0.3, 0.4) is 0 Å². The van der Waals surface area contributed by atoms with Gasteiger partial charge in [0.25, 0.3) is 0 Å². The van der Waals surface area contributed by atoms with Gasteiger partial charge in [0, 0.05) is 55.9 Å². The molecule has 0 aromatic carbocycles. The zero-order valence-corrected chi connectivity index (χ0v) is 15.7. The van der Waals surface area contributed by atoms with Gasteiger partial charge in [-0.2, -0.15) is 5.10 Å². The number of rotatable bonds is 3. The first-order chi connectivity index (χ1) is 13.8. The summed E-state index contributed by atoms with van der Waals surface area (Å²) in [5.41, 5.74) is 4.67. The SMILES string of the molecule is CN1CCN(c2ccc(-c3cnc4ccc(-c5ccncc5)nn34)cn2)CC1. The summed E-state index contributed by atoms with van der Waals surface area (Å²) in [7, 11) is 2.16. The standard InChI is InChI=1S/C21H21N7/c1-26-10-12-27(13-11-26)20-4-2-17(14-23-20)19-15-24-21-5-3-18(25-28(19)21)16-6-8-22-9-7-16/h2-9,14-15H,10-13H2,1H3. The number of anilines is 1. The minimum Gasteiger partial charge on any atom is -0.354 e. The van der Waals surface area contributed by atoms with Gasteiger partial charge in [-0.1, -0.05) is 0 Å². The second-order valence-corrected chi connectivity index (χ2v) is 7.06. The van der Waals surface area contributed by atoms with Crippen LogP contribution in [0.4, 0.5) is 5.82 Å². The Morgan fingerprint density at radius 3 is 2.36 bits per heavy atom. The highest BCUT2D eigenvalue weighted by atomic mass is 15.3. The third-order valence-corrected chi connectivity index (χ3v) is 5.21. The van der Waals surface area contributed by atoms with Crippen LogP contribution in [0, 0.1) is 0 Å². The fourth-order valence-corrected chi connectivity index (χ4v) is 3.51. The van der Waals surface area contributed by atoms with E-state index in [4.69, 9.17) is 10.1 Å². The molecular formula is C21H21N7. The van der Waals surface area contributed by atoms with Crippen molar-refractivity contribution in [3.8, 4) is 22.5 Å². The van der Waals surface area contributed by atoms with Gasteiger partial charge in [-0.3, -0.25) is 4.98 Å². The molecule has 0 spiro atoms. The Labute approximate surface area is 163 Å². The second-order valence-electron chi connectivity index (χ2n) is 7.06. The van der Waals surface area contributed by atoms with Gasteiger partial charge >= 0.3 is 0 Å². The second kappa shape index (κ2) is 7.01. The van der Waals surface area contributed by atoms with Crippen LogP contribution >= 0.6 is 0 Å². The summed E-state index contributed by atoms with van der Waals surface area (Å²) in [6.07, 6.45) is 7.32. The minimum absolute atomic E-state index is 0.816. The summed E-state index contributed by atoms with van der Waals surface area (Å²) in [6.45, 7) is 4.15. The van der Waals surface area contributed by atoms with Crippen LogP contribution in [0.15, 0.2) is 61.2 Å². The highest BCUT2D eigenvalue weighted by molar-refractivity contribution is 5.66. The molecule has 1 aliphatic rings. The minimum atomic E-state index is 0.816. The van der Waals surface area contributed by atoms with Gasteiger partial charge in [0.05, 0.1) is 17.6 Å². The zero-order valence-electron chi connectivity index (χ0n) is 15.7. The lowest BCUT2D eigenvalue weighted by molar-refractivity contribution is 0.312. The molecule has 0 bridgehead atoms. The van der Waals surface area contributed by atoms with Gasteiger partial charge in [-0.15, -0.1) is 0 Å². The molecule has 7 nitrogen and oxygen atoms in total. The number of hydrogen-bond acceptors (Lipinski definition) is 6. The lowest BCUT2D eigenvalue weighted by atomic mass is 10.2. The van der Waals surface area contributed by atoms with Crippen LogP contribution in [0.25, 0.3) is 28.2 Å². The topological polar surface area (TPSA) is 62.5 Å². The first-order valence-corrected chi connectivity index (χ1v) is 9.43. The highest BCUT2D eigenvalue weighted by Crippen LogP contribution is 2.24. The summed E-state index contributed by atoms with van der Waals surface area (Å²) in [6, 6.07) is 12.1. The molecule has 1 saturated heterocycles. The number of likely N-dealkylation sites (N-methyl/N-ethyl adjacent to an activating group) is 1. The molecule has 0 aliphatic carbocycles. The van der Waals surface area contributed by atoms with E-state index in [1.54, 1.807) is 12.4 Å². The van der Waals surface area contributed by atoms with E-state index in [0.717, 1.165) is 60.2 Å². The zero-order chi connectivity index (χ0) is 18.9. The smallest absolute Gasteiger partial charge is 0.154 e. The van der Waals surface area contributed by atoms with E-state index in [-0.39, 0.29) is 0 Å². The average molecular weight is 371 g/mol. The van der Waals surface area contributed by atoms with Gasteiger partial charge in [0.15, 0.2) is 5.65 Å². The normalized spacial score (nSPS) is 15.2. The van der Waals surface area contributed by atoms with Crippen molar-refractivity contribution in [1.82, 2.24) is 29.5 Å². The molecule has 140 valence electrons. The summed E-state index contributed by atoms with van der Waals surface area (Å²) >= 11 is 0. The van der Waals surface area contributed by atoms with Crippen molar-refractivity contribution in [2.45, 2.75) is 0 Å². The Hall–Kier alpha value is -3.32. The van der Waals surface area contributed by atoms with Crippen LogP contribution in [0.2, 0.25) is 0 Å². The van der Waals surface area contributed by atoms with E-state index >= 15 is 0 Å². The maximum absolute atomic E-state index is 4.79. The number of imidazole rings is 1. The third-order valence-electron chi connectivity index (χ3n) is 5.21. The summed E-state index contributed by atoms with van der Waals surface area (Å²) in [5.74, 6) is 1.02. The quantitative estimate of drug-likeness (QED) is 0.552. The van der Waals surface area contributed by atoms with E-state index in [1.807, 2.05) is 41.2 Å². The lowest BCUT2D eigenvalue weighted by Crippen LogP contribution is -2.44. The molecule has 0 radical (unpaired) electrons. The number of piperazine rings is 1. The molecule has 0 unspecified atom stereocenters. The Morgan fingerprint density at radius 2 is 1.61 bits per heavy atom. The molecule has 4 aromatic rings. The molecule has 7 heteroatoms. The Morgan fingerprint density at radius 1 is 0.786 bits per heavy atom. The molecule has 0 atom stereocenters. The van der Waals surface area contributed by atoms with Crippen LogP contribution in [0.5, 0.6) is 0 Å². The first kappa shape index (κ1) is 16.8. The number of aromatic nitrogens is 5. The van der Waals surface area contributed by atoms with Crippen molar-refractivity contribution >= 4 is 11.5 Å². The van der Waals surface area contributed by atoms with E-state index in [9.17, 15) is 0 Å². The average Bonchev–Trinajstić information content (AvgIpc) is 3.18. The maximum atomic E-state index is 4.79. The predicted octanol–water partition coefficient (Wildman–Crippen LogP) is 2.61. The monoisotopic (exact) mass is 371 g/mol. The Bertz CT molecular complexity index is 1080. The molecular weight excluding hydrogens is 350 g/mol. The molecule has 5 rings (SSSR count). The number of nitrogens with zero attached hydrogens (tertiary/aromatic N) is 7. The van der Waals surface area contributed by atoms with E-state index in [2.05, 4.69) is 38.9 Å². The van der Waals surface area contributed by atoms with Gasteiger partial charge in [0.1, 0.15) is 5.82 Å². The summed E-state index contributed by atoms with van der Waals surface area (Å²) in [5, 5.41) is 4.79. The number of hydrogen-bond donors (Lipinski definition) is 0. The lowest BCUT2D eigenvalue weighted by Gasteiger charge is -2.33. The van der Waals surface area contributed by atoms with E-state index in [0.29, 0.717) is 0 Å². The Kier molecular flexibility index (Phi) is 4.21. The van der Waals surface area contributed by atoms with Gasteiger partial charge in [-0.25, -0.2) is 14.5 Å². The van der Waals surface area contributed by atoms with E-state index < -0.39 is 0 Å². The van der Waals surface area contributed by atoms with Crippen LogP contribution in [0.1, 0.15) is 0 Å². The van der Waals surface area contributed by atoms with Gasteiger partial charge in [0.2, 0.25) is 0 Å². The van der Waals surface area contributed by atoms with Crippen LogP contribution in [-0.4, -0.2) is 62.7 Å². The van der Waals surface area contributed by atoms with Crippen molar-refractivity contribution in [3.05, 3.63) is 61.2 Å². The van der Waals surface area contributed by atoms with Crippen LogP contribution < -0.4 is 4.90 Å². The highest BCUT2D eigenvalue weighted by Gasteiger charge is 2.16. The molecule has 0 N–H and O–H groups in total. The number of pyridine rings is 2. The fraction of sp³-hybridized carbons (Fsp3) is 0.238. The van der Waals surface area contributed by atoms with Gasteiger partial charge < -0.3 is 9.80 Å². The van der Waals surface area contributed by atoms with Crippen molar-refractivity contribution in [2.75, 3.05) is 38.1 Å². The molecule has 0 amide bonds. The van der Waals surface area contributed by atoms with Gasteiger partial charge in [-0.05, 0) is 43.4 Å². The molecule has 0 saturated carbocycles. The number of fused-ring (bicyclic) bond motifs is 1. The molecule has 4 aromatic heterocycles. The maximum Gasteiger partial charge on any atom is 0.154 e. The molecule has 1 fully saturated rings. The first-order valence-electron chi connectivity index (χ1n) is 9.43. The predicted molar refractivity (Wildman–Crippen MR) is 109 cm³/mol. The van der Waals surface area contributed by atoms with Crippen molar-refractivity contribution in [2.24, 2.45) is 0 Å². The van der Waals surface area contributed by atoms with Crippen molar-refractivity contribution in [3.63, 3.8) is 0 Å². The Balaban J connectivity index is 1.47. The fourth-order valence-electron chi connectivity index (χ4n) is 3.51. The van der Waals surface area contributed by atoms with E-state index in [1.165, 1.54) is 0 Å². The van der Waals surface area contributed by atoms with Crippen molar-refractivity contribution in [1.29, 1.82) is 0 Å². The largest absolute Gasteiger partial charge is 0.354 e. The summed E-state index contributed by atoms with van der Waals surface area (Å²) < 4.78 is 1.88. The summed E-state index contributed by atoms with van der Waals surface area (Å²) in [4.78, 5) is 17.9. The molecule has 28 heavy (non-hydrogen) atoms. The van der Waals surface area contributed by atoms with Crippen LogP contribution in [-0.2, 0) is 0 Å².